The zero-order chi connectivity index (χ0) is 16.9. The zero-order valence-electron chi connectivity index (χ0n) is 14.2. The second kappa shape index (κ2) is 9.46. The van der Waals surface area contributed by atoms with Crippen LogP contribution in [0.25, 0.3) is 0 Å². The van der Waals surface area contributed by atoms with Gasteiger partial charge in [-0.15, -0.1) is 12.4 Å². The molecule has 0 saturated heterocycles. The summed E-state index contributed by atoms with van der Waals surface area (Å²) >= 11 is 0. The molecule has 1 saturated carbocycles. The summed E-state index contributed by atoms with van der Waals surface area (Å²) in [5.74, 6) is 1.05. The van der Waals surface area contributed by atoms with Crippen molar-refractivity contribution >= 4 is 22.4 Å². The Morgan fingerprint density at radius 1 is 1.21 bits per heavy atom. The Morgan fingerprint density at radius 2 is 1.88 bits per heavy atom. The second-order valence-corrected chi connectivity index (χ2v) is 7.56. The quantitative estimate of drug-likeness (QED) is 0.759. The van der Waals surface area contributed by atoms with Crippen LogP contribution in [0.4, 0.5) is 0 Å². The number of hydrogen-bond acceptors (Lipinski definition) is 5. The van der Waals surface area contributed by atoms with Crippen LogP contribution in [0.3, 0.4) is 0 Å². The Morgan fingerprint density at radius 3 is 2.42 bits per heavy atom. The lowest BCUT2D eigenvalue weighted by Crippen LogP contribution is -2.45. The van der Waals surface area contributed by atoms with Gasteiger partial charge in [0.1, 0.15) is 16.4 Å². The topological polar surface area (TPSA) is 90.6 Å². The summed E-state index contributed by atoms with van der Waals surface area (Å²) in [5, 5.41) is 0. The molecule has 138 valence electrons. The van der Waals surface area contributed by atoms with Crippen molar-refractivity contribution in [2.45, 2.75) is 43.0 Å². The van der Waals surface area contributed by atoms with Gasteiger partial charge >= 0.3 is 0 Å². The van der Waals surface area contributed by atoms with E-state index in [2.05, 4.69) is 4.72 Å². The van der Waals surface area contributed by atoms with Crippen LogP contribution in [0, 0.1) is 5.92 Å². The number of benzene rings is 1. The SMILES string of the molecule is COc1ccc(OC)c(S(=O)(=O)NC(CN)C2CCCCC2)c1.Cl. The molecule has 24 heavy (non-hydrogen) atoms. The van der Waals surface area contributed by atoms with Gasteiger partial charge in [-0.05, 0) is 30.9 Å². The molecule has 1 aromatic rings. The number of nitrogens with one attached hydrogen (secondary N) is 1. The third-order valence-corrected chi connectivity index (χ3v) is 5.95. The number of hydrogen-bond donors (Lipinski definition) is 2. The van der Waals surface area contributed by atoms with Crippen molar-refractivity contribution in [1.29, 1.82) is 0 Å². The highest BCUT2D eigenvalue weighted by molar-refractivity contribution is 7.89. The molecule has 1 aromatic carbocycles. The number of methoxy groups -OCH3 is 2. The Labute approximate surface area is 150 Å². The minimum Gasteiger partial charge on any atom is -0.497 e. The summed E-state index contributed by atoms with van der Waals surface area (Å²) in [5.41, 5.74) is 5.83. The molecule has 0 aliphatic heterocycles. The lowest BCUT2D eigenvalue weighted by molar-refractivity contribution is 0.293. The highest BCUT2D eigenvalue weighted by atomic mass is 35.5. The van der Waals surface area contributed by atoms with Gasteiger partial charge in [0, 0.05) is 18.7 Å². The molecule has 0 aromatic heterocycles. The lowest BCUT2D eigenvalue weighted by Gasteiger charge is -2.30. The van der Waals surface area contributed by atoms with E-state index in [-0.39, 0.29) is 35.6 Å². The third kappa shape index (κ3) is 4.99. The summed E-state index contributed by atoms with van der Waals surface area (Å²) in [7, 11) is -0.788. The Kier molecular flexibility index (Phi) is 8.29. The van der Waals surface area contributed by atoms with Gasteiger partial charge in [0.2, 0.25) is 10.0 Å². The molecule has 8 heteroatoms. The largest absolute Gasteiger partial charge is 0.497 e. The molecule has 1 aliphatic rings. The average molecular weight is 379 g/mol. The van der Waals surface area contributed by atoms with E-state index in [9.17, 15) is 8.42 Å². The van der Waals surface area contributed by atoms with Crippen LogP contribution in [0.5, 0.6) is 11.5 Å². The fraction of sp³-hybridized carbons (Fsp3) is 0.625. The molecule has 1 aliphatic carbocycles. The molecule has 6 nitrogen and oxygen atoms in total. The molecule has 1 atom stereocenters. The highest BCUT2D eigenvalue weighted by Crippen LogP contribution is 2.30. The number of sulfonamides is 1. The predicted molar refractivity (Wildman–Crippen MR) is 96.5 cm³/mol. The van der Waals surface area contributed by atoms with Gasteiger partial charge < -0.3 is 15.2 Å². The van der Waals surface area contributed by atoms with E-state index in [1.54, 1.807) is 12.1 Å². The summed E-state index contributed by atoms with van der Waals surface area (Å²) in [6.07, 6.45) is 5.50. The van der Waals surface area contributed by atoms with E-state index >= 15 is 0 Å². The molecule has 0 radical (unpaired) electrons. The number of ether oxygens (including phenoxy) is 2. The predicted octanol–water partition coefficient (Wildman–Crippen LogP) is 2.31. The number of halogens is 1. The Hall–Kier alpha value is -1.02. The van der Waals surface area contributed by atoms with E-state index in [4.69, 9.17) is 15.2 Å². The first-order chi connectivity index (χ1) is 11.0. The van der Waals surface area contributed by atoms with Crippen LogP contribution in [-0.2, 0) is 10.0 Å². The van der Waals surface area contributed by atoms with E-state index in [0.717, 1.165) is 25.7 Å². The zero-order valence-corrected chi connectivity index (χ0v) is 15.8. The highest BCUT2D eigenvalue weighted by Gasteiger charge is 2.29. The van der Waals surface area contributed by atoms with E-state index in [1.807, 2.05) is 0 Å². The van der Waals surface area contributed by atoms with Crippen molar-refractivity contribution in [3.05, 3.63) is 18.2 Å². The number of rotatable bonds is 7. The minimum absolute atomic E-state index is 0. The first-order valence-corrected chi connectivity index (χ1v) is 9.44. The first kappa shape index (κ1) is 21.0. The molecule has 1 unspecified atom stereocenters. The third-order valence-electron chi connectivity index (χ3n) is 4.44. The Balaban J connectivity index is 0.00000288. The first-order valence-electron chi connectivity index (χ1n) is 7.96. The molecule has 0 amide bonds. The molecule has 0 heterocycles. The monoisotopic (exact) mass is 378 g/mol. The Bertz CT molecular complexity index is 619. The van der Waals surface area contributed by atoms with Crippen LogP contribution in [0.1, 0.15) is 32.1 Å². The van der Waals surface area contributed by atoms with Crippen molar-refractivity contribution in [3.8, 4) is 11.5 Å². The van der Waals surface area contributed by atoms with E-state index < -0.39 is 10.0 Å². The van der Waals surface area contributed by atoms with E-state index in [1.165, 1.54) is 26.7 Å². The van der Waals surface area contributed by atoms with E-state index in [0.29, 0.717) is 11.7 Å². The fourth-order valence-corrected chi connectivity index (χ4v) is 4.63. The standard InChI is InChI=1S/C16H26N2O4S.ClH/c1-21-13-8-9-15(22-2)16(10-13)23(19,20)18-14(11-17)12-6-4-3-5-7-12;/h8-10,12,14,18H,3-7,11,17H2,1-2H3;1H. The van der Waals surface area contributed by atoms with Gasteiger partial charge in [0.15, 0.2) is 0 Å². The van der Waals surface area contributed by atoms with Gasteiger partial charge in [-0.1, -0.05) is 19.3 Å². The molecular formula is C16H27ClN2O4S. The number of nitrogens with two attached hydrogens (primary N) is 1. The minimum atomic E-state index is -3.73. The van der Waals surface area contributed by atoms with Gasteiger partial charge in [-0.25, -0.2) is 13.1 Å². The summed E-state index contributed by atoms with van der Waals surface area (Å²) < 4.78 is 38.7. The molecular weight excluding hydrogens is 352 g/mol. The molecule has 2 rings (SSSR count). The second-order valence-electron chi connectivity index (χ2n) is 5.88. The van der Waals surface area contributed by atoms with Crippen molar-refractivity contribution in [1.82, 2.24) is 4.72 Å². The summed E-state index contributed by atoms with van der Waals surface area (Å²) in [6, 6.07) is 4.47. The van der Waals surface area contributed by atoms with Crippen LogP contribution in [-0.4, -0.2) is 35.2 Å². The summed E-state index contributed by atoms with van der Waals surface area (Å²) in [6.45, 7) is 0.288. The average Bonchev–Trinajstić information content (AvgIpc) is 2.59. The normalized spacial score (nSPS) is 17.0. The smallest absolute Gasteiger partial charge is 0.244 e. The van der Waals surface area contributed by atoms with Crippen LogP contribution < -0.4 is 19.9 Å². The van der Waals surface area contributed by atoms with Crippen LogP contribution in [0.2, 0.25) is 0 Å². The van der Waals surface area contributed by atoms with Gasteiger partial charge in [-0.2, -0.15) is 0 Å². The maximum Gasteiger partial charge on any atom is 0.244 e. The summed E-state index contributed by atoms with van der Waals surface area (Å²) in [4.78, 5) is 0.0774. The van der Waals surface area contributed by atoms with Gasteiger partial charge in [0.05, 0.1) is 14.2 Å². The molecule has 3 N–H and O–H groups in total. The van der Waals surface area contributed by atoms with Crippen molar-refractivity contribution < 1.29 is 17.9 Å². The molecule has 0 spiro atoms. The van der Waals surface area contributed by atoms with Crippen LogP contribution >= 0.6 is 12.4 Å². The molecule has 1 fully saturated rings. The maximum absolute atomic E-state index is 12.8. The maximum atomic E-state index is 12.8. The van der Waals surface area contributed by atoms with Gasteiger partial charge in [-0.3, -0.25) is 0 Å². The van der Waals surface area contributed by atoms with Crippen LogP contribution in [0.15, 0.2) is 23.1 Å². The van der Waals surface area contributed by atoms with Crippen molar-refractivity contribution in [2.24, 2.45) is 11.7 Å². The molecule has 0 bridgehead atoms. The van der Waals surface area contributed by atoms with Gasteiger partial charge in [0.25, 0.3) is 0 Å². The fourth-order valence-electron chi connectivity index (χ4n) is 3.13. The lowest BCUT2D eigenvalue weighted by atomic mass is 9.84. The van der Waals surface area contributed by atoms with Crippen molar-refractivity contribution in [3.63, 3.8) is 0 Å². The van der Waals surface area contributed by atoms with Crippen molar-refractivity contribution in [2.75, 3.05) is 20.8 Å².